The number of rotatable bonds is 5. The standard InChI is InChI=1S/C21H22N2O2/c1-15(18-11-10-17-7-3-4-8-19(17)13-18)23-21(24)22-14-16-6-5-9-20(12-16)25-2/h3-13,15H,14H2,1-2H3,(H2,22,23,24). The molecule has 0 saturated carbocycles. The van der Waals surface area contributed by atoms with Gasteiger partial charge < -0.3 is 15.4 Å². The third kappa shape index (κ3) is 4.29. The van der Waals surface area contributed by atoms with Gasteiger partial charge in [0, 0.05) is 6.54 Å². The van der Waals surface area contributed by atoms with E-state index in [2.05, 4.69) is 41.0 Å². The van der Waals surface area contributed by atoms with E-state index in [0.29, 0.717) is 6.54 Å². The summed E-state index contributed by atoms with van der Waals surface area (Å²) in [5.41, 5.74) is 2.07. The molecule has 0 saturated heterocycles. The first-order valence-electron chi connectivity index (χ1n) is 8.32. The fourth-order valence-electron chi connectivity index (χ4n) is 2.77. The van der Waals surface area contributed by atoms with Gasteiger partial charge in [0.1, 0.15) is 5.75 Å². The summed E-state index contributed by atoms with van der Waals surface area (Å²) in [6.07, 6.45) is 0. The lowest BCUT2D eigenvalue weighted by Gasteiger charge is -2.16. The van der Waals surface area contributed by atoms with Crippen LogP contribution >= 0.6 is 0 Å². The van der Waals surface area contributed by atoms with Gasteiger partial charge in [0.25, 0.3) is 0 Å². The summed E-state index contributed by atoms with van der Waals surface area (Å²) >= 11 is 0. The van der Waals surface area contributed by atoms with E-state index in [1.807, 2.05) is 43.3 Å². The van der Waals surface area contributed by atoms with Crippen molar-refractivity contribution in [2.75, 3.05) is 7.11 Å². The third-order valence-corrected chi connectivity index (χ3v) is 4.21. The van der Waals surface area contributed by atoms with Gasteiger partial charge in [-0.05, 0) is 47.0 Å². The van der Waals surface area contributed by atoms with Crippen LogP contribution in [-0.4, -0.2) is 13.1 Å². The summed E-state index contributed by atoms with van der Waals surface area (Å²) in [5, 5.41) is 8.23. The van der Waals surface area contributed by atoms with Crippen LogP contribution in [0.5, 0.6) is 5.75 Å². The Hall–Kier alpha value is -3.01. The van der Waals surface area contributed by atoms with Crippen molar-refractivity contribution < 1.29 is 9.53 Å². The Morgan fingerprint density at radius 2 is 1.80 bits per heavy atom. The second-order valence-electron chi connectivity index (χ2n) is 6.01. The molecule has 1 unspecified atom stereocenters. The first kappa shape index (κ1) is 16.8. The maximum absolute atomic E-state index is 12.2. The Bertz CT molecular complexity index is 876. The minimum atomic E-state index is -0.191. The van der Waals surface area contributed by atoms with Gasteiger partial charge in [-0.3, -0.25) is 0 Å². The van der Waals surface area contributed by atoms with Gasteiger partial charge >= 0.3 is 6.03 Å². The minimum absolute atomic E-state index is 0.0742. The van der Waals surface area contributed by atoms with Crippen molar-refractivity contribution in [2.24, 2.45) is 0 Å². The van der Waals surface area contributed by atoms with Gasteiger partial charge in [0.15, 0.2) is 0 Å². The summed E-state index contributed by atoms with van der Waals surface area (Å²) < 4.78 is 5.19. The SMILES string of the molecule is COc1cccc(CNC(=O)NC(C)c2ccc3ccccc3c2)c1. The number of carbonyl (C=O) groups excluding carboxylic acids is 1. The molecule has 128 valence electrons. The van der Waals surface area contributed by atoms with Crippen LogP contribution in [0.15, 0.2) is 66.7 Å². The molecule has 0 radical (unpaired) electrons. The van der Waals surface area contributed by atoms with Crippen LogP contribution in [-0.2, 0) is 6.54 Å². The molecule has 3 aromatic carbocycles. The zero-order valence-electron chi connectivity index (χ0n) is 14.5. The molecule has 0 bridgehead atoms. The van der Waals surface area contributed by atoms with Crippen molar-refractivity contribution in [1.82, 2.24) is 10.6 Å². The smallest absolute Gasteiger partial charge is 0.315 e. The van der Waals surface area contributed by atoms with Crippen LogP contribution in [0.4, 0.5) is 4.79 Å². The van der Waals surface area contributed by atoms with Crippen molar-refractivity contribution in [3.8, 4) is 5.75 Å². The molecule has 2 N–H and O–H groups in total. The molecule has 0 aliphatic rings. The number of carbonyl (C=O) groups is 1. The lowest BCUT2D eigenvalue weighted by atomic mass is 10.0. The number of nitrogens with one attached hydrogen (secondary N) is 2. The van der Waals surface area contributed by atoms with Crippen molar-refractivity contribution in [3.63, 3.8) is 0 Å². The normalized spacial score (nSPS) is 11.8. The number of ether oxygens (including phenoxy) is 1. The molecule has 0 spiro atoms. The zero-order chi connectivity index (χ0) is 17.6. The highest BCUT2D eigenvalue weighted by Crippen LogP contribution is 2.20. The van der Waals surface area contributed by atoms with Crippen LogP contribution < -0.4 is 15.4 Å². The number of hydrogen-bond acceptors (Lipinski definition) is 2. The van der Waals surface area contributed by atoms with E-state index < -0.39 is 0 Å². The van der Waals surface area contributed by atoms with Gasteiger partial charge in [-0.1, -0.05) is 48.5 Å². The van der Waals surface area contributed by atoms with Crippen molar-refractivity contribution in [2.45, 2.75) is 19.5 Å². The Morgan fingerprint density at radius 1 is 1.00 bits per heavy atom. The molecule has 4 nitrogen and oxygen atoms in total. The average molecular weight is 334 g/mol. The summed E-state index contributed by atoms with van der Waals surface area (Å²) in [5.74, 6) is 0.782. The highest BCUT2D eigenvalue weighted by atomic mass is 16.5. The third-order valence-electron chi connectivity index (χ3n) is 4.21. The van der Waals surface area contributed by atoms with Gasteiger partial charge in [0.2, 0.25) is 0 Å². The van der Waals surface area contributed by atoms with Crippen molar-refractivity contribution in [1.29, 1.82) is 0 Å². The van der Waals surface area contributed by atoms with Gasteiger partial charge in [-0.25, -0.2) is 4.79 Å². The molecule has 2 amide bonds. The Labute approximate surface area is 147 Å². The second kappa shape index (κ2) is 7.71. The summed E-state index contributed by atoms with van der Waals surface area (Å²) in [7, 11) is 1.63. The number of methoxy groups -OCH3 is 1. The molecule has 0 aromatic heterocycles. The van der Waals surface area contributed by atoms with Crippen LogP contribution in [0.1, 0.15) is 24.1 Å². The highest BCUT2D eigenvalue weighted by molar-refractivity contribution is 5.83. The molecule has 3 aromatic rings. The van der Waals surface area contributed by atoms with Crippen molar-refractivity contribution >= 4 is 16.8 Å². The quantitative estimate of drug-likeness (QED) is 0.726. The van der Waals surface area contributed by atoms with Gasteiger partial charge in [0.05, 0.1) is 13.2 Å². The lowest BCUT2D eigenvalue weighted by Crippen LogP contribution is -2.36. The number of amides is 2. The van der Waals surface area contributed by atoms with E-state index in [0.717, 1.165) is 16.9 Å². The molecule has 1 atom stereocenters. The summed E-state index contributed by atoms with van der Waals surface area (Å²) in [4.78, 5) is 12.2. The maximum atomic E-state index is 12.2. The minimum Gasteiger partial charge on any atom is -0.497 e. The Morgan fingerprint density at radius 3 is 2.60 bits per heavy atom. The van der Waals surface area contributed by atoms with Gasteiger partial charge in [-0.2, -0.15) is 0 Å². The van der Waals surface area contributed by atoms with E-state index in [9.17, 15) is 4.79 Å². The van der Waals surface area contributed by atoms with Crippen LogP contribution in [0.25, 0.3) is 10.8 Å². The van der Waals surface area contributed by atoms with Crippen LogP contribution in [0, 0.1) is 0 Å². The van der Waals surface area contributed by atoms with Crippen LogP contribution in [0.2, 0.25) is 0 Å². The first-order chi connectivity index (χ1) is 12.2. The largest absolute Gasteiger partial charge is 0.497 e. The molecular weight excluding hydrogens is 312 g/mol. The molecule has 0 aliphatic heterocycles. The maximum Gasteiger partial charge on any atom is 0.315 e. The molecule has 4 heteroatoms. The van der Waals surface area contributed by atoms with Crippen molar-refractivity contribution in [3.05, 3.63) is 77.9 Å². The number of urea groups is 1. The predicted molar refractivity (Wildman–Crippen MR) is 101 cm³/mol. The second-order valence-corrected chi connectivity index (χ2v) is 6.01. The molecule has 3 rings (SSSR count). The predicted octanol–water partition coefficient (Wildman–Crippen LogP) is 4.41. The summed E-state index contributed by atoms with van der Waals surface area (Å²) in [6, 6.07) is 21.8. The monoisotopic (exact) mass is 334 g/mol. The van der Waals surface area contributed by atoms with E-state index in [1.54, 1.807) is 7.11 Å². The number of fused-ring (bicyclic) bond motifs is 1. The molecular formula is C21H22N2O2. The van der Waals surface area contributed by atoms with E-state index in [-0.39, 0.29) is 12.1 Å². The fraction of sp³-hybridized carbons (Fsp3) is 0.190. The number of hydrogen-bond donors (Lipinski definition) is 2. The molecule has 0 fully saturated rings. The molecule has 0 heterocycles. The fourth-order valence-corrected chi connectivity index (χ4v) is 2.77. The number of benzene rings is 3. The molecule has 25 heavy (non-hydrogen) atoms. The topological polar surface area (TPSA) is 50.4 Å². The van der Waals surface area contributed by atoms with Crippen LogP contribution in [0.3, 0.4) is 0 Å². The van der Waals surface area contributed by atoms with E-state index >= 15 is 0 Å². The van der Waals surface area contributed by atoms with E-state index in [4.69, 9.17) is 4.74 Å². The Kier molecular flexibility index (Phi) is 5.19. The lowest BCUT2D eigenvalue weighted by molar-refractivity contribution is 0.237. The molecule has 0 aliphatic carbocycles. The summed E-state index contributed by atoms with van der Waals surface area (Å²) in [6.45, 7) is 2.43. The average Bonchev–Trinajstić information content (AvgIpc) is 2.66. The highest BCUT2D eigenvalue weighted by Gasteiger charge is 2.10. The Balaban J connectivity index is 1.59. The van der Waals surface area contributed by atoms with E-state index in [1.165, 1.54) is 10.8 Å². The zero-order valence-corrected chi connectivity index (χ0v) is 14.5. The van der Waals surface area contributed by atoms with Gasteiger partial charge in [-0.15, -0.1) is 0 Å². The first-order valence-corrected chi connectivity index (χ1v) is 8.32.